The number of H-pyrrole nitrogens is 1. The number of benzene rings is 2. The van der Waals surface area contributed by atoms with Crippen molar-refractivity contribution in [1.82, 2.24) is 20.1 Å². The lowest BCUT2D eigenvalue weighted by Crippen LogP contribution is -2.27. The van der Waals surface area contributed by atoms with E-state index in [1.165, 1.54) is 12.1 Å². The van der Waals surface area contributed by atoms with E-state index in [9.17, 15) is 18.0 Å². The van der Waals surface area contributed by atoms with Crippen molar-refractivity contribution >= 4 is 18.1 Å². The number of hydrogen-bond acceptors (Lipinski definition) is 4. The van der Waals surface area contributed by atoms with E-state index in [0.717, 1.165) is 11.6 Å². The Bertz CT molecular complexity index is 1090. The van der Waals surface area contributed by atoms with Crippen LogP contribution in [0.3, 0.4) is 0 Å². The number of aromatic amines is 1. The smallest absolute Gasteiger partial charge is 0.416 e. The second-order valence-electron chi connectivity index (χ2n) is 6.74. The number of amides is 1. The summed E-state index contributed by atoms with van der Waals surface area (Å²) in [5.74, 6) is 1.00. The van der Waals surface area contributed by atoms with Gasteiger partial charge in [-0.1, -0.05) is 18.2 Å². The first-order valence-corrected chi connectivity index (χ1v) is 9.92. The van der Waals surface area contributed by atoms with Gasteiger partial charge in [-0.3, -0.25) is 14.5 Å². The molecule has 1 amide bonds. The third-order valence-corrected chi connectivity index (χ3v) is 5.02. The molecule has 31 heavy (non-hydrogen) atoms. The number of nitrogens with zero attached hydrogens (tertiary/aromatic N) is 2. The molecular weight excluding hydrogens is 429 g/mol. The van der Waals surface area contributed by atoms with Crippen LogP contribution in [-0.4, -0.2) is 34.3 Å². The first-order valence-electron chi connectivity index (χ1n) is 9.51. The van der Waals surface area contributed by atoms with Crippen LogP contribution in [-0.2, 0) is 23.9 Å². The maximum Gasteiger partial charge on any atom is 0.416 e. The quantitative estimate of drug-likeness (QED) is 0.500. The highest BCUT2D eigenvalue weighted by Crippen LogP contribution is 2.31. The maximum atomic E-state index is 13.1. The first kappa shape index (κ1) is 22.5. The summed E-state index contributed by atoms with van der Waals surface area (Å²) >= 11 is 5.26. The summed E-state index contributed by atoms with van der Waals surface area (Å²) in [7, 11) is 1.57. The number of carbonyl (C=O) groups excluding carboxylic acids is 1. The van der Waals surface area contributed by atoms with Crippen LogP contribution in [0.2, 0.25) is 0 Å². The number of ether oxygens (including phenoxy) is 1. The van der Waals surface area contributed by atoms with Crippen LogP contribution in [0.4, 0.5) is 13.2 Å². The van der Waals surface area contributed by atoms with Gasteiger partial charge in [0.25, 0.3) is 0 Å². The molecule has 1 heterocycles. The summed E-state index contributed by atoms with van der Waals surface area (Å²) < 4.78 is 46.4. The second-order valence-corrected chi connectivity index (χ2v) is 7.12. The van der Waals surface area contributed by atoms with Gasteiger partial charge in [0.05, 0.1) is 12.7 Å². The SMILES string of the molecule is COc1ccc(-c2n[nH]c(=S)n2CCC(=O)NCCc2ccccc2C(F)(F)F)cc1. The summed E-state index contributed by atoms with van der Waals surface area (Å²) in [5.41, 5.74) is 0.268. The summed E-state index contributed by atoms with van der Waals surface area (Å²) in [6.45, 7) is 0.385. The Morgan fingerprint density at radius 1 is 1.19 bits per heavy atom. The molecule has 0 unspecified atom stereocenters. The van der Waals surface area contributed by atoms with Gasteiger partial charge in [0.15, 0.2) is 10.6 Å². The fourth-order valence-corrected chi connectivity index (χ4v) is 3.36. The van der Waals surface area contributed by atoms with Crippen molar-refractivity contribution in [2.75, 3.05) is 13.7 Å². The Morgan fingerprint density at radius 3 is 2.58 bits per heavy atom. The van der Waals surface area contributed by atoms with Gasteiger partial charge in [0.1, 0.15) is 5.75 Å². The Labute approximate surface area is 182 Å². The van der Waals surface area contributed by atoms with E-state index in [4.69, 9.17) is 17.0 Å². The van der Waals surface area contributed by atoms with Crippen molar-refractivity contribution < 1.29 is 22.7 Å². The fraction of sp³-hybridized carbons (Fsp3) is 0.286. The number of rotatable bonds is 8. The van der Waals surface area contributed by atoms with Crippen LogP contribution in [0.5, 0.6) is 5.75 Å². The van der Waals surface area contributed by atoms with Crippen molar-refractivity contribution in [3.63, 3.8) is 0 Å². The maximum absolute atomic E-state index is 13.1. The monoisotopic (exact) mass is 450 g/mol. The number of nitrogens with one attached hydrogen (secondary N) is 2. The molecule has 6 nitrogen and oxygen atoms in total. The van der Waals surface area contributed by atoms with Gasteiger partial charge in [-0.05, 0) is 54.5 Å². The molecule has 3 rings (SSSR count). The zero-order valence-electron chi connectivity index (χ0n) is 16.7. The molecule has 0 aliphatic carbocycles. The molecule has 0 atom stereocenters. The Kier molecular flexibility index (Phi) is 7.11. The predicted molar refractivity (Wildman–Crippen MR) is 112 cm³/mol. The lowest BCUT2D eigenvalue weighted by molar-refractivity contribution is -0.138. The van der Waals surface area contributed by atoms with E-state index in [1.807, 2.05) is 12.1 Å². The lowest BCUT2D eigenvalue weighted by Gasteiger charge is -2.13. The molecule has 2 aromatic carbocycles. The molecule has 0 aliphatic rings. The zero-order chi connectivity index (χ0) is 22.4. The van der Waals surface area contributed by atoms with E-state index in [0.29, 0.717) is 16.3 Å². The van der Waals surface area contributed by atoms with Gasteiger partial charge in [0, 0.05) is 25.1 Å². The number of halogens is 3. The van der Waals surface area contributed by atoms with Crippen molar-refractivity contribution in [1.29, 1.82) is 0 Å². The second kappa shape index (κ2) is 9.78. The molecule has 0 saturated carbocycles. The number of carbonyl (C=O) groups is 1. The average Bonchev–Trinajstić information content (AvgIpc) is 3.12. The van der Waals surface area contributed by atoms with Gasteiger partial charge >= 0.3 is 6.18 Å². The van der Waals surface area contributed by atoms with Crippen LogP contribution in [0, 0.1) is 4.77 Å². The van der Waals surface area contributed by atoms with Crippen LogP contribution >= 0.6 is 12.2 Å². The summed E-state index contributed by atoms with van der Waals surface area (Å²) in [6.07, 6.45) is -4.22. The third-order valence-electron chi connectivity index (χ3n) is 4.71. The van der Waals surface area contributed by atoms with E-state index in [-0.39, 0.29) is 37.4 Å². The molecule has 1 aromatic heterocycles. The predicted octanol–water partition coefficient (Wildman–Crippen LogP) is 4.38. The Balaban J connectivity index is 1.57. The minimum Gasteiger partial charge on any atom is -0.497 e. The van der Waals surface area contributed by atoms with Gasteiger partial charge in [-0.15, -0.1) is 0 Å². The van der Waals surface area contributed by atoms with Gasteiger partial charge in [0.2, 0.25) is 5.91 Å². The summed E-state index contributed by atoms with van der Waals surface area (Å²) in [6, 6.07) is 12.6. The minimum absolute atomic E-state index is 0.0870. The summed E-state index contributed by atoms with van der Waals surface area (Å²) in [4.78, 5) is 12.2. The fourth-order valence-electron chi connectivity index (χ4n) is 3.14. The Hall–Kier alpha value is -3.14. The van der Waals surface area contributed by atoms with Crippen molar-refractivity contribution in [3.05, 3.63) is 64.4 Å². The third kappa shape index (κ3) is 5.72. The molecule has 164 valence electrons. The van der Waals surface area contributed by atoms with E-state index in [2.05, 4.69) is 15.5 Å². The molecule has 0 radical (unpaired) electrons. The molecule has 0 saturated heterocycles. The summed E-state index contributed by atoms with van der Waals surface area (Å²) in [5, 5.41) is 9.61. The highest BCUT2D eigenvalue weighted by Gasteiger charge is 2.32. The zero-order valence-corrected chi connectivity index (χ0v) is 17.5. The molecule has 2 N–H and O–H groups in total. The molecule has 3 aromatic rings. The highest BCUT2D eigenvalue weighted by molar-refractivity contribution is 7.71. The van der Waals surface area contributed by atoms with Gasteiger partial charge in [-0.2, -0.15) is 18.3 Å². The molecular formula is C21H21F3N4O2S. The highest BCUT2D eigenvalue weighted by atomic mass is 32.1. The van der Waals surface area contributed by atoms with Crippen LogP contribution in [0.15, 0.2) is 48.5 Å². The molecule has 0 aliphatic heterocycles. The lowest BCUT2D eigenvalue weighted by atomic mass is 10.0. The van der Waals surface area contributed by atoms with E-state index in [1.54, 1.807) is 29.9 Å². The van der Waals surface area contributed by atoms with Crippen molar-refractivity contribution in [2.45, 2.75) is 25.6 Å². The normalized spacial score (nSPS) is 11.4. The first-order chi connectivity index (χ1) is 14.8. The van der Waals surface area contributed by atoms with Crippen molar-refractivity contribution in [3.8, 4) is 17.1 Å². The van der Waals surface area contributed by atoms with Crippen LogP contribution < -0.4 is 10.1 Å². The minimum atomic E-state index is -4.42. The molecule has 0 bridgehead atoms. The van der Waals surface area contributed by atoms with Gasteiger partial charge < -0.3 is 10.1 Å². The van der Waals surface area contributed by atoms with Crippen LogP contribution in [0.1, 0.15) is 17.5 Å². The number of alkyl halides is 3. The molecule has 0 fully saturated rings. The molecule has 0 spiro atoms. The number of hydrogen-bond donors (Lipinski definition) is 2. The van der Waals surface area contributed by atoms with Gasteiger partial charge in [-0.25, -0.2) is 0 Å². The Morgan fingerprint density at radius 2 is 1.90 bits per heavy atom. The average molecular weight is 450 g/mol. The standard InChI is InChI=1S/C21H21F3N4O2S/c1-30-16-8-6-15(7-9-16)19-26-27-20(31)28(19)13-11-18(29)25-12-10-14-4-2-3-5-17(14)21(22,23)24/h2-9H,10-13H2,1H3,(H,25,29)(H,27,31). The largest absolute Gasteiger partial charge is 0.497 e. The molecule has 10 heteroatoms. The van der Waals surface area contributed by atoms with E-state index >= 15 is 0 Å². The van der Waals surface area contributed by atoms with E-state index < -0.39 is 11.7 Å². The topological polar surface area (TPSA) is 71.9 Å². The number of aromatic nitrogens is 3. The number of methoxy groups -OCH3 is 1. The van der Waals surface area contributed by atoms with Crippen molar-refractivity contribution in [2.24, 2.45) is 0 Å². The van der Waals surface area contributed by atoms with Crippen LogP contribution in [0.25, 0.3) is 11.4 Å².